The van der Waals surface area contributed by atoms with Crippen LogP contribution in [-0.2, 0) is 4.79 Å². The highest BCUT2D eigenvalue weighted by atomic mass is 16.2. The van der Waals surface area contributed by atoms with Gasteiger partial charge >= 0.3 is 0 Å². The Kier molecular flexibility index (Phi) is 7.56. The molecule has 0 saturated carbocycles. The number of carbonyl (C=O) groups is 1. The number of aromatic nitrogens is 3. The molecule has 2 N–H and O–H groups in total. The minimum Gasteiger partial charge on any atom is -0.369 e. The summed E-state index contributed by atoms with van der Waals surface area (Å²) in [6.45, 7) is 11.6. The molecule has 9 nitrogen and oxygen atoms in total. The summed E-state index contributed by atoms with van der Waals surface area (Å²) in [6, 6.07) is 17.4. The van der Waals surface area contributed by atoms with E-state index in [9.17, 15) is 10.1 Å². The van der Waals surface area contributed by atoms with Crippen molar-refractivity contribution >= 4 is 22.9 Å². The van der Waals surface area contributed by atoms with Crippen LogP contribution in [0, 0.1) is 16.7 Å². The van der Waals surface area contributed by atoms with Crippen molar-refractivity contribution < 1.29 is 4.79 Å². The molecule has 0 unspecified atom stereocenters. The fourth-order valence-corrected chi connectivity index (χ4v) is 5.99. The maximum atomic E-state index is 12.8. The number of piperidine rings is 1. The van der Waals surface area contributed by atoms with Gasteiger partial charge in [0, 0.05) is 85.5 Å². The molecule has 0 aliphatic carbocycles. The first-order chi connectivity index (χ1) is 20.3. The van der Waals surface area contributed by atoms with Crippen LogP contribution in [0.1, 0.15) is 39.2 Å². The molecule has 3 aromatic heterocycles. The van der Waals surface area contributed by atoms with E-state index in [1.165, 1.54) is 5.69 Å². The topological polar surface area (TPSA) is 102 Å². The zero-order valence-corrected chi connectivity index (χ0v) is 24.6. The fourth-order valence-electron chi connectivity index (χ4n) is 5.99. The van der Waals surface area contributed by atoms with Crippen LogP contribution in [0.3, 0.4) is 0 Å². The molecule has 0 radical (unpaired) electrons. The van der Waals surface area contributed by atoms with Crippen LogP contribution >= 0.6 is 0 Å². The molecular weight excluding hydrogens is 524 g/mol. The van der Waals surface area contributed by atoms with E-state index < -0.39 is 0 Å². The molecular formula is C33H38N8O. The minimum absolute atomic E-state index is 0.136. The van der Waals surface area contributed by atoms with Crippen LogP contribution in [-0.4, -0.2) is 65.8 Å². The molecule has 2 aliphatic heterocycles. The Morgan fingerprint density at radius 2 is 1.69 bits per heavy atom. The van der Waals surface area contributed by atoms with Gasteiger partial charge in [-0.15, -0.1) is 0 Å². The fraction of sp³-hybridized carbons (Fsp3) is 0.394. The van der Waals surface area contributed by atoms with E-state index in [-0.39, 0.29) is 17.4 Å². The number of piperazine rings is 1. The van der Waals surface area contributed by atoms with Crippen molar-refractivity contribution in [2.45, 2.75) is 39.7 Å². The summed E-state index contributed by atoms with van der Waals surface area (Å²) in [5.41, 5.74) is 6.14. The molecule has 216 valence electrons. The monoisotopic (exact) mass is 562 g/mol. The van der Waals surface area contributed by atoms with Gasteiger partial charge in [0.1, 0.15) is 11.9 Å². The molecule has 2 fully saturated rings. The number of nitrogens with zero attached hydrogens (tertiary/aromatic N) is 6. The molecule has 2 saturated heterocycles. The Morgan fingerprint density at radius 3 is 2.33 bits per heavy atom. The second-order valence-corrected chi connectivity index (χ2v) is 12.0. The Labute approximate surface area is 247 Å². The summed E-state index contributed by atoms with van der Waals surface area (Å²) >= 11 is 0. The quantitative estimate of drug-likeness (QED) is 0.357. The van der Waals surface area contributed by atoms with Crippen LogP contribution in [0.25, 0.3) is 27.8 Å². The van der Waals surface area contributed by atoms with Crippen molar-refractivity contribution in [2.75, 3.05) is 49.1 Å². The molecule has 6 rings (SSSR count). The number of nitriles is 1. The van der Waals surface area contributed by atoms with Gasteiger partial charge in [0.05, 0.1) is 17.3 Å². The summed E-state index contributed by atoms with van der Waals surface area (Å²) < 4.78 is 1.80. The predicted molar refractivity (Wildman–Crippen MR) is 166 cm³/mol. The standard InChI is InChI=1S/C33H38N8O/c1-23(2)38-32(42)33(3)10-14-40(15-11-33)30-9-6-25(20-36-30)29-18-26(22-41-31(29)27(19-34)21-37-41)24-4-7-28(8-5-24)39-16-12-35-13-17-39/h4-9,18,20-23,35H,10-17H2,1-3H3,(H,38,42). The van der Waals surface area contributed by atoms with E-state index in [1.54, 1.807) is 10.7 Å². The lowest BCUT2D eigenvalue weighted by molar-refractivity contribution is -0.131. The lowest BCUT2D eigenvalue weighted by Crippen LogP contribution is -2.49. The zero-order valence-electron chi connectivity index (χ0n) is 24.6. The van der Waals surface area contributed by atoms with E-state index in [4.69, 9.17) is 4.98 Å². The van der Waals surface area contributed by atoms with Crippen molar-refractivity contribution in [3.8, 4) is 28.3 Å². The number of hydrogen-bond acceptors (Lipinski definition) is 7. The maximum absolute atomic E-state index is 12.8. The second kappa shape index (κ2) is 11.5. The SMILES string of the molecule is CC(C)NC(=O)C1(C)CCN(c2ccc(-c3cc(-c4ccc(N5CCNCC5)cc4)cn4ncc(C#N)c34)cn2)CC1. The predicted octanol–water partition coefficient (Wildman–Crippen LogP) is 4.48. The highest BCUT2D eigenvalue weighted by Gasteiger charge is 2.37. The maximum Gasteiger partial charge on any atom is 0.226 e. The van der Waals surface area contributed by atoms with Gasteiger partial charge in [-0.3, -0.25) is 4.79 Å². The number of carbonyl (C=O) groups excluding carboxylic acids is 1. The number of nitrogens with one attached hydrogen (secondary N) is 2. The summed E-state index contributed by atoms with van der Waals surface area (Å²) in [7, 11) is 0. The highest BCUT2D eigenvalue weighted by molar-refractivity contribution is 5.88. The summed E-state index contributed by atoms with van der Waals surface area (Å²) in [5, 5.41) is 20.8. The van der Waals surface area contributed by atoms with E-state index >= 15 is 0 Å². The van der Waals surface area contributed by atoms with Crippen LogP contribution in [0.5, 0.6) is 0 Å². The van der Waals surface area contributed by atoms with E-state index in [2.05, 4.69) is 74.9 Å². The summed E-state index contributed by atoms with van der Waals surface area (Å²) in [6.07, 6.45) is 7.06. The van der Waals surface area contributed by atoms with Gasteiger partial charge in [-0.2, -0.15) is 10.4 Å². The average Bonchev–Trinajstić information content (AvgIpc) is 3.45. The second-order valence-electron chi connectivity index (χ2n) is 12.0. The molecule has 2 aliphatic rings. The van der Waals surface area contributed by atoms with E-state index in [0.29, 0.717) is 5.56 Å². The van der Waals surface area contributed by atoms with Crippen LogP contribution in [0.4, 0.5) is 11.5 Å². The normalized spacial score (nSPS) is 16.9. The minimum atomic E-state index is -0.356. The molecule has 1 amide bonds. The highest BCUT2D eigenvalue weighted by Crippen LogP contribution is 2.35. The van der Waals surface area contributed by atoms with Gasteiger partial charge in [-0.1, -0.05) is 19.1 Å². The third kappa shape index (κ3) is 5.42. The summed E-state index contributed by atoms with van der Waals surface area (Å²) in [5.74, 6) is 1.03. The number of pyridine rings is 2. The van der Waals surface area contributed by atoms with Crippen LogP contribution in [0.2, 0.25) is 0 Å². The Morgan fingerprint density at radius 1 is 0.976 bits per heavy atom. The number of amides is 1. The Balaban J connectivity index is 1.26. The van der Waals surface area contributed by atoms with Crippen molar-refractivity contribution in [1.82, 2.24) is 25.2 Å². The van der Waals surface area contributed by atoms with Crippen molar-refractivity contribution in [1.29, 1.82) is 5.26 Å². The van der Waals surface area contributed by atoms with Crippen molar-refractivity contribution in [3.05, 3.63) is 66.6 Å². The first-order valence-corrected chi connectivity index (χ1v) is 14.8. The lowest BCUT2D eigenvalue weighted by atomic mass is 9.79. The number of benzene rings is 1. The number of hydrogen-bond donors (Lipinski definition) is 2. The molecule has 4 aromatic rings. The first-order valence-electron chi connectivity index (χ1n) is 14.8. The van der Waals surface area contributed by atoms with E-state index in [1.807, 2.05) is 32.3 Å². The Hall–Kier alpha value is -4.42. The molecule has 9 heteroatoms. The molecule has 5 heterocycles. The smallest absolute Gasteiger partial charge is 0.226 e. The zero-order chi connectivity index (χ0) is 29.3. The van der Waals surface area contributed by atoms with Crippen LogP contribution < -0.4 is 20.4 Å². The third-order valence-electron chi connectivity index (χ3n) is 8.63. The Bertz CT molecular complexity index is 1600. The van der Waals surface area contributed by atoms with Gasteiger partial charge in [0.2, 0.25) is 5.91 Å². The van der Waals surface area contributed by atoms with Gasteiger partial charge in [-0.05, 0) is 62.6 Å². The average molecular weight is 563 g/mol. The van der Waals surface area contributed by atoms with Crippen LogP contribution in [0.15, 0.2) is 61.1 Å². The lowest BCUT2D eigenvalue weighted by Gasteiger charge is -2.39. The third-order valence-corrected chi connectivity index (χ3v) is 8.63. The largest absolute Gasteiger partial charge is 0.369 e. The number of rotatable bonds is 6. The van der Waals surface area contributed by atoms with Crippen molar-refractivity contribution in [3.63, 3.8) is 0 Å². The van der Waals surface area contributed by atoms with Gasteiger partial charge in [0.25, 0.3) is 0 Å². The van der Waals surface area contributed by atoms with Gasteiger partial charge in [-0.25, -0.2) is 9.50 Å². The number of fused-ring (bicyclic) bond motifs is 1. The van der Waals surface area contributed by atoms with Gasteiger partial charge < -0.3 is 20.4 Å². The molecule has 0 atom stereocenters. The molecule has 1 aromatic carbocycles. The molecule has 0 bridgehead atoms. The molecule has 42 heavy (non-hydrogen) atoms. The first kappa shape index (κ1) is 27.7. The van der Waals surface area contributed by atoms with E-state index in [0.717, 1.165) is 85.7 Å². The van der Waals surface area contributed by atoms with Crippen molar-refractivity contribution in [2.24, 2.45) is 5.41 Å². The number of anilines is 2. The summed E-state index contributed by atoms with van der Waals surface area (Å²) in [4.78, 5) is 22.2. The van der Waals surface area contributed by atoms with Gasteiger partial charge in [0.15, 0.2) is 0 Å². The molecule has 0 spiro atoms.